The first-order chi connectivity index (χ1) is 3.85. The Hall–Kier alpha value is -0.0800. The predicted molar refractivity (Wildman–Crippen MR) is 32.8 cm³/mol. The second-order valence-electron chi connectivity index (χ2n) is 1.68. The Labute approximate surface area is 50.5 Å². The molecule has 1 aliphatic heterocycles. The normalized spacial score (nSPS) is 23.6. The predicted octanol–water partition coefficient (Wildman–Crippen LogP) is 0.794. The summed E-state index contributed by atoms with van der Waals surface area (Å²) in [6.07, 6.45) is 1.83. The summed E-state index contributed by atoms with van der Waals surface area (Å²) in [5, 5.41) is 7.57. The van der Waals surface area contributed by atoms with Crippen LogP contribution in [0.3, 0.4) is 0 Å². The number of rotatable bonds is 1. The lowest BCUT2D eigenvalue weighted by Gasteiger charge is -1.69. The molecule has 1 fully saturated rings. The van der Waals surface area contributed by atoms with Crippen LogP contribution in [-0.4, -0.2) is 24.4 Å². The third-order valence-electron chi connectivity index (χ3n) is 0.858. The molecule has 0 saturated carbocycles. The van der Waals surface area contributed by atoms with Crippen LogP contribution in [0.15, 0.2) is 0 Å². The lowest BCUT2D eigenvalue weighted by molar-refractivity contribution is 0.318. The zero-order chi connectivity index (χ0) is 6.41. The van der Waals surface area contributed by atoms with Crippen LogP contribution in [0, 0.1) is 0 Å². The minimum absolute atomic E-state index is 0.250. The molecule has 1 unspecified atom stereocenters. The van der Waals surface area contributed by atoms with E-state index in [-0.39, 0.29) is 6.61 Å². The molecule has 1 heterocycles. The smallest absolute Gasteiger partial charge is 0.0807 e. The third kappa shape index (κ3) is 5.92. The van der Waals surface area contributed by atoms with Crippen LogP contribution >= 0.6 is 0 Å². The Morgan fingerprint density at radius 1 is 1.62 bits per heavy atom. The first-order valence-electron chi connectivity index (χ1n) is 3.07. The molecule has 0 aromatic rings. The van der Waals surface area contributed by atoms with Crippen molar-refractivity contribution >= 4 is 0 Å². The molecular weight excluding hydrogens is 104 g/mol. The summed E-state index contributed by atoms with van der Waals surface area (Å²) in [5.41, 5.74) is 0. The number of hydrogen-bond acceptors (Lipinski definition) is 2. The zero-order valence-corrected chi connectivity index (χ0v) is 5.55. The maximum atomic E-state index is 7.57. The Balaban J connectivity index is 0.000000145. The molecule has 50 valence electrons. The number of hydrogen-bond donors (Lipinski definition) is 1. The van der Waals surface area contributed by atoms with Gasteiger partial charge in [0.15, 0.2) is 0 Å². The highest BCUT2D eigenvalue weighted by molar-refractivity contribution is 4.64. The lowest BCUT2D eigenvalue weighted by atomic mass is 10.4. The quantitative estimate of drug-likeness (QED) is 0.516. The van der Waals surface area contributed by atoms with Crippen molar-refractivity contribution < 1.29 is 9.84 Å². The monoisotopic (exact) mass is 118 g/mol. The summed E-state index contributed by atoms with van der Waals surface area (Å²) in [7, 11) is 0. The fraction of sp³-hybridized carbons (Fsp3) is 1.00. The van der Waals surface area contributed by atoms with E-state index in [4.69, 9.17) is 9.84 Å². The highest BCUT2D eigenvalue weighted by atomic mass is 16.6. The molecule has 0 aliphatic carbocycles. The van der Waals surface area contributed by atoms with Gasteiger partial charge in [0.1, 0.15) is 0 Å². The maximum absolute atomic E-state index is 7.57. The van der Waals surface area contributed by atoms with Crippen molar-refractivity contribution in [2.24, 2.45) is 0 Å². The van der Waals surface area contributed by atoms with E-state index in [9.17, 15) is 0 Å². The van der Waals surface area contributed by atoms with Crippen molar-refractivity contribution in [3.8, 4) is 0 Å². The first-order valence-corrected chi connectivity index (χ1v) is 3.07. The SMILES string of the molecule is CCC1CO1.CCO. The topological polar surface area (TPSA) is 32.8 Å². The average molecular weight is 118 g/mol. The summed E-state index contributed by atoms with van der Waals surface area (Å²) in [5.74, 6) is 0. The number of aliphatic hydroxyl groups excluding tert-OH is 1. The van der Waals surface area contributed by atoms with Gasteiger partial charge >= 0.3 is 0 Å². The number of ether oxygens (including phenoxy) is 1. The number of aliphatic hydroxyl groups is 1. The summed E-state index contributed by atoms with van der Waals surface area (Å²) < 4.78 is 4.86. The van der Waals surface area contributed by atoms with Gasteiger partial charge in [0.25, 0.3) is 0 Å². The average Bonchev–Trinajstić information content (AvgIpc) is 2.48. The van der Waals surface area contributed by atoms with E-state index in [1.165, 1.54) is 6.42 Å². The molecule has 1 rings (SSSR count). The van der Waals surface area contributed by atoms with Gasteiger partial charge in [-0.25, -0.2) is 0 Å². The second-order valence-corrected chi connectivity index (χ2v) is 1.68. The van der Waals surface area contributed by atoms with Gasteiger partial charge in [-0.05, 0) is 13.3 Å². The molecule has 1 atom stereocenters. The van der Waals surface area contributed by atoms with Crippen LogP contribution < -0.4 is 0 Å². The largest absolute Gasteiger partial charge is 0.397 e. The molecule has 1 N–H and O–H groups in total. The summed E-state index contributed by atoms with van der Waals surface area (Å²) in [4.78, 5) is 0. The molecule has 0 aromatic heterocycles. The Morgan fingerprint density at radius 2 is 2.00 bits per heavy atom. The molecule has 1 saturated heterocycles. The van der Waals surface area contributed by atoms with Crippen molar-refractivity contribution in [1.82, 2.24) is 0 Å². The van der Waals surface area contributed by atoms with Crippen LogP contribution in [0.5, 0.6) is 0 Å². The molecule has 1 aliphatic rings. The van der Waals surface area contributed by atoms with Crippen molar-refractivity contribution in [3.63, 3.8) is 0 Å². The Morgan fingerprint density at radius 3 is 2.00 bits per heavy atom. The number of epoxide rings is 1. The van der Waals surface area contributed by atoms with Gasteiger partial charge in [-0.3, -0.25) is 0 Å². The molecule has 0 amide bonds. The molecule has 2 nitrogen and oxygen atoms in total. The van der Waals surface area contributed by atoms with Gasteiger partial charge in [0.2, 0.25) is 0 Å². The fourth-order valence-corrected chi connectivity index (χ4v) is 0.304. The van der Waals surface area contributed by atoms with Crippen LogP contribution in [0.1, 0.15) is 20.3 Å². The second kappa shape index (κ2) is 5.06. The first kappa shape index (κ1) is 7.92. The van der Waals surface area contributed by atoms with Crippen LogP contribution in [-0.2, 0) is 4.74 Å². The molecule has 0 radical (unpaired) electrons. The summed E-state index contributed by atoms with van der Waals surface area (Å²) in [6, 6.07) is 0. The minimum atomic E-state index is 0.250. The molecule has 0 aromatic carbocycles. The van der Waals surface area contributed by atoms with Gasteiger partial charge in [-0.2, -0.15) is 0 Å². The Kier molecular flexibility index (Phi) is 5.01. The highest BCUT2D eigenvalue weighted by Crippen LogP contribution is 2.10. The minimum Gasteiger partial charge on any atom is -0.397 e. The van der Waals surface area contributed by atoms with E-state index in [0.29, 0.717) is 6.10 Å². The Bertz CT molecular complexity index is 41.8. The van der Waals surface area contributed by atoms with Crippen molar-refractivity contribution in [1.29, 1.82) is 0 Å². The van der Waals surface area contributed by atoms with E-state index in [0.717, 1.165) is 6.61 Å². The highest BCUT2D eigenvalue weighted by Gasteiger charge is 2.18. The summed E-state index contributed by atoms with van der Waals surface area (Å²) in [6.45, 7) is 5.08. The third-order valence-corrected chi connectivity index (χ3v) is 0.858. The van der Waals surface area contributed by atoms with E-state index < -0.39 is 0 Å². The van der Waals surface area contributed by atoms with E-state index in [1.807, 2.05) is 0 Å². The van der Waals surface area contributed by atoms with Crippen molar-refractivity contribution in [2.45, 2.75) is 26.4 Å². The van der Waals surface area contributed by atoms with Gasteiger partial charge in [0, 0.05) is 6.61 Å². The molecule has 8 heavy (non-hydrogen) atoms. The molecule has 0 spiro atoms. The van der Waals surface area contributed by atoms with Gasteiger partial charge < -0.3 is 9.84 Å². The molecular formula is C6H14O2. The maximum Gasteiger partial charge on any atom is 0.0807 e. The lowest BCUT2D eigenvalue weighted by Crippen LogP contribution is -1.73. The van der Waals surface area contributed by atoms with Gasteiger partial charge in [0.05, 0.1) is 12.7 Å². The van der Waals surface area contributed by atoms with Crippen LogP contribution in [0.4, 0.5) is 0 Å². The van der Waals surface area contributed by atoms with Crippen LogP contribution in [0.2, 0.25) is 0 Å². The fourth-order valence-electron chi connectivity index (χ4n) is 0.304. The van der Waals surface area contributed by atoms with Crippen molar-refractivity contribution in [2.75, 3.05) is 13.2 Å². The molecule has 2 heteroatoms. The standard InChI is InChI=1S/C4H8O.C2H6O/c1-2-4-3-5-4;1-2-3/h4H,2-3H2,1H3;3H,2H2,1H3. The van der Waals surface area contributed by atoms with Gasteiger partial charge in [-0.1, -0.05) is 6.92 Å². The molecule has 0 bridgehead atoms. The van der Waals surface area contributed by atoms with Crippen LogP contribution in [0.25, 0.3) is 0 Å². The summed E-state index contributed by atoms with van der Waals surface area (Å²) >= 11 is 0. The van der Waals surface area contributed by atoms with Gasteiger partial charge in [-0.15, -0.1) is 0 Å². The van der Waals surface area contributed by atoms with Crippen molar-refractivity contribution in [3.05, 3.63) is 0 Å². The zero-order valence-electron chi connectivity index (χ0n) is 5.55. The van der Waals surface area contributed by atoms with E-state index in [1.54, 1.807) is 6.92 Å². The van der Waals surface area contributed by atoms with E-state index >= 15 is 0 Å². The van der Waals surface area contributed by atoms with E-state index in [2.05, 4.69) is 6.92 Å².